The maximum atomic E-state index is 6.14. The lowest BCUT2D eigenvalue weighted by molar-refractivity contribution is 0.967. The van der Waals surface area contributed by atoms with E-state index >= 15 is 0 Å². The first kappa shape index (κ1) is 13.6. The Morgan fingerprint density at radius 3 is 2.84 bits per heavy atom. The van der Waals surface area contributed by atoms with Crippen LogP contribution in [0.5, 0.6) is 0 Å². The average Bonchev–Trinajstić information content (AvgIpc) is 2.39. The van der Waals surface area contributed by atoms with Gasteiger partial charge in [-0.25, -0.2) is 4.98 Å². The minimum atomic E-state index is 0.260. The molecule has 0 radical (unpaired) electrons. The van der Waals surface area contributed by atoms with E-state index in [2.05, 4.69) is 22.2 Å². The summed E-state index contributed by atoms with van der Waals surface area (Å²) in [5, 5.41) is 3.94. The zero-order valence-corrected chi connectivity index (χ0v) is 11.8. The van der Waals surface area contributed by atoms with Gasteiger partial charge in [0.15, 0.2) is 0 Å². The Bertz CT molecular complexity index is 584. The van der Waals surface area contributed by atoms with Crippen LogP contribution in [0.2, 0.25) is 5.02 Å². The summed E-state index contributed by atoms with van der Waals surface area (Å²) >= 11 is 6.14. The Morgan fingerprint density at radius 1 is 1.32 bits per heavy atom. The third-order valence-electron chi connectivity index (χ3n) is 2.84. The summed E-state index contributed by atoms with van der Waals surface area (Å²) in [6, 6.07) is 7.64. The van der Waals surface area contributed by atoms with Gasteiger partial charge in [0, 0.05) is 23.2 Å². The fourth-order valence-electron chi connectivity index (χ4n) is 1.83. The second kappa shape index (κ2) is 5.89. The first-order chi connectivity index (χ1) is 9.11. The molecule has 0 amide bonds. The molecule has 0 aliphatic carbocycles. The van der Waals surface area contributed by atoms with Crippen molar-refractivity contribution in [1.29, 1.82) is 0 Å². The van der Waals surface area contributed by atoms with Crippen molar-refractivity contribution in [2.45, 2.75) is 20.3 Å². The van der Waals surface area contributed by atoms with Crippen molar-refractivity contribution < 1.29 is 0 Å². The normalized spacial score (nSPS) is 10.5. The van der Waals surface area contributed by atoms with E-state index in [0.717, 1.165) is 40.6 Å². The van der Waals surface area contributed by atoms with Crippen molar-refractivity contribution in [1.82, 2.24) is 9.97 Å². The van der Waals surface area contributed by atoms with Crippen LogP contribution < -0.4 is 11.1 Å². The van der Waals surface area contributed by atoms with Crippen LogP contribution in [0.4, 0.5) is 11.8 Å². The second-order valence-corrected chi connectivity index (χ2v) is 4.74. The van der Waals surface area contributed by atoms with E-state index in [1.807, 2.05) is 31.2 Å². The molecule has 0 aliphatic heterocycles. The van der Waals surface area contributed by atoms with Gasteiger partial charge >= 0.3 is 0 Å². The van der Waals surface area contributed by atoms with Crippen molar-refractivity contribution in [3.63, 3.8) is 0 Å². The molecule has 19 heavy (non-hydrogen) atoms. The predicted octanol–water partition coefficient (Wildman–Crippen LogP) is 3.51. The zero-order valence-electron chi connectivity index (χ0n) is 11.1. The van der Waals surface area contributed by atoms with Gasteiger partial charge in [-0.15, -0.1) is 0 Å². The van der Waals surface area contributed by atoms with E-state index in [4.69, 9.17) is 17.3 Å². The van der Waals surface area contributed by atoms with Crippen LogP contribution in [0.15, 0.2) is 24.3 Å². The highest BCUT2D eigenvalue weighted by Crippen LogP contribution is 2.28. The SMILES string of the molecule is CCCNc1cc(-c2cccc(Cl)c2C)nc(N)n1. The summed E-state index contributed by atoms with van der Waals surface area (Å²) in [7, 11) is 0. The molecule has 1 aromatic heterocycles. The molecule has 0 aliphatic rings. The molecule has 0 fully saturated rings. The summed E-state index contributed by atoms with van der Waals surface area (Å²) < 4.78 is 0. The van der Waals surface area contributed by atoms with Gasteiger partial charge in [0.25, 0.3) is 0 Å². The van der Waals surface area contributed by atoms with E-state index in [1.165, 1.54) is 0 Å². The summed E-state index contributed by atoms with van der Waals surface area (Å²) in [4.78, 5) is 8.45. The van der Waals surface area contributed by atoms with Crippen molar-refractivity contribution in [3.05, 3.63) is 34.9 Å². The van der Waals surface area contributed by atoms with Crippen molar-refractivity contribution in [3.8, 4) is 11.3 Å². The highest BCUT2D eigenvalue weighted by atomic mass is 35.5. The van der Waals surface area contributed by atoms with Crippen LogP contribution in [-0.4, -0.2) is 16.5 Å². The summed E-state index contributed by atoms with van der Waals surface area (Å²) in [6.45, 7) is 4.92. The highest BCUT2D eigenvalue weighted by Gasteiger charge is 2.09. The molecule has 0 bridgehead atoms. The summed E-state index contributed by atoms with van der Waals surface area (Å²) in [5.74, 6) is 0.999. The lowest BCUT2D eigenvalue weighted by Gasteiger charge is -2.10. The summed E-state index contributed by atoms with van der Waals surface area (Å²) in [5.41, 5.74) is 8.51. The second-order valence-electron chi connectivity index (χ2n) is 4.34. The molecule has 0 atom stereocenters. The maximum Gasteiger partial charge on any atom is 0.222 e. The van der Waals surface area contributed by atoms with Gasteiger partial charge in [-0.05, 0) is 25.0 Å². The molecule has 0 saturated carbocycles. The number of aromatic nitrogens is 2. The number of nitrogen functional groups attached to an aromatic ring is 1. The lowest BCUT2D eigenvalue weighted by Crippen LogP contribution is -2.06. The number of hydrogen-bond donors (Lipinski definition) is 2. The molecule has 0 spiro atoms. The standard InChI is InChI=1S/C14H17ClN4/c1-3-7-17-13-8-12(18-14(16)19-13)10-5-4-6-11(15)9(10)2/h4-6,8H,3,7H2,1-2H3,(H3,16,17,18,19). The van der Waals surface area contributed by atoms with Gasteiger partial charge in [0.2, 0.25) is 5.95 Å². The first-order valence-corrected chi connectivity index (χ1v) is 6.63. The van der Waals surface area contributed by atoms with E-state index in [-0.39, 0.29) is 5.95 Å². The number of halogens is 1. The van der Waals surface area contributed by atoms with Crippen LogP contribution in [0, 0.1) is 6.92 Å². The number of nitrogens with zero attached hydrogens (tertiary/aromatic N) is 2. The number of nitrogens with two attached hydrogens (primary N) is 1. The molecule has 1 heterocycles. The molecule has 1 aromatic carbocycles. The third-order valence-corrected chi connectivity index (χ3v) is 3.25. The number of rotatable bonds is 4. The molecule has 0 unspecified atom stereocenters. The van der Waals surface area contributed by atoms with E-state index in [1.54, 1.807) is 0 Å². The van der Waals surface area contributed by atoms with Gasteiger partial charge in [-0.2, -0.15) is 4.98 Å². The molecular formula is C14H17ClN4. The van der Waals surface area contributed by atoms with E-state index in [0.29, 0.717) is 0 Å². The topological polar surface area (TPSA) is 63.8 Å². The van der Waals surface area contributed by atoms with Gasteiger partial charge in [-0.3, -0.25) is 0 Å². The molecule has 100 valence electrons. The number of hydrogen-bond acceptors (Lipinski definition) is 4. The molecule has 4 nitrogen and oxygen atoms in total. The van der Waals surface area contributed by atoms with Crippen LogP contribution in [-0.2, 0) is 0 Å². The summed E-state index contributed by atoms with van der Waals surface area (Å²) in [6.07, 6.45) is 1.02. The van der Waals surface area contributed by atoms with Crippen LogP contribution in [0.3, 0.4) is 0 Å². The fourth-order valence-corrected chi connectivity index (χ4v) is 2.01. The number of benzene rings is 1. The Morgan fingerprint density at radius 2 is 2.11 bits per heavy atom. The van der Waals surface area contributed by atoms with Gasteiger partial charge in [0.1, 0.15) is 5.82 Å². The zero-order chi connectivity index (χ0) is 13.8. The lowest BCUT2D eigenvalue weighted by atomic mass is 10.1. The average molecular weight is 277 g/mol. The minimum absolute atomic E-state index is 0.260. The Kier molecular flexibility index (Phi) is 4.22. The molecular weight excluding hydrogens is 260 g/mol. The minimum Gasteiger partial charge on any atom is -0.370 e. The monoisotopic (exact) mass is 276 g/mol. The van der Waals surface area contributed by atoms with E-state index in [9.17, 15) is 0 Å². The van der Waals surface area contributed by atoms with Crippen molar-refractivity contribution in [2.24, 2.45) is 0 Å². The Hall–Kier alpha value is -1.81. The fraction of sp³-hybridized carbons (Fsp3) is 0.286. The number of nitrogens with one attached hydrogen (secondary N) is 1. The van der Waals surface area contributed by atoms with Gasteiger partial charge in [-0.1, -0.05) is 30.7 Å². The Balaban J connectivity index is 2.44. The molecule has 3 N–H and O–H groups in total. The van der Waals surface area contributed by atoms with E-state index < -0.39 is 0 Å². The largest absolute Gasteiger partial charge is 0.370 e. The Labute approximate surface area is 118 Å². The predicted molar refractivity (Wildman–Crippen MR) is 80.4 cm³/mol. The van der Waals surface area contributed by atoms with Gasteiger partial charge < -0.3 is 11.1 Å². The quantitative estimate of drug-likeness (QED) is 0.897. The molecule has 0 saturated heterocycles. The van der Waals surface area contributed by atoms with Crippen molar-refractivity contribution >= 4 is 23.4 Å². The number of anilines is 2. The van der Waals surface area contributed by atoms with Crippen molar-refractivity contribution in [2.75, 3.05) is 17.6 Å². The highest BCUT2D eigenvalue weighted by molar-refractivity contribution is 6.31. The smallest absolute Gasteiger partial charge is 0.222 e. The van der Waals surface area contributed by atoms with Crippen LogP contribution in [0.25, 0.3) is 11.3 Å². The molecule has 2 rings (SSSR count). The van der Waals surface area contributed by atoms with Crippen LogP contribution in [0.1, 0.15) is 18.9 Å². The van der Waals surface area contributed by atoms with Gasteiger partial charge in [0.05, 0.1) is 5.69 Å². The molecule has 5 heteroatoms. The first-order valence-electron chi connectivity index (χ1n) is 6.25. The maximum absolute atomic E-state index is 6.14. The third kappa shape index (κ3) is 3.15. The molecule has 2 aromatic rings. The van der Waals surface area contributed by atoms with Crippen LogP contribution >= 0.6 is 11.6 Å².